The monoisotopic (exact) mass is 257 g/mol. The van der Waals surface area contributed by atoms with Crippen molar-refractivity contribution in [3.05, 3.63) is 0 Å². The van der Waals surface area contributed by atoms with Crippen LogP contribution in [-0.4, -0.2) is 53.2 Å². The Morgan fingerprint density at radius 1 is 1.33 bits per heavy atom. The number of aliphatic carboxylic acids is 1. The smallest absolute Gasteiger partial charge is 0.323 e. The molecule has 1 aliphatic heterocycles. The number of piperidine rings is 1. The molecule has 0 aromatic rings. The van der Waals surface area contributed by atoms with Gasteiger partial charge >= 0.3 is 12.0 Å². The van der Waals surface area contributed by atoms with Crippen LogP contribution in [-0.2, 0) is 4.79 Å². The highest BCUT2D eigenvalue weighted by Crippen LogP contribution is 2.14. The lowest BCUT2D eigenvalue weighted by molar-refractivity contribution is -0.138. The summed E-state index contributed by atoms with van der Waals surface area (Å²) in [7, 11) is 0. The molecule has 1 saturated heterocycles. The molecule has 1 aliphatic rings. The van der Waals surface area contributed by atoms with Crippen molar-refractivity contribution < 1.29 is 14.7 Å². The number of carbonyl (C=O) groups excluding carboxylic acids is 1. The number of hydrogen-bond donors (Lipinski definition) is 3. The number of rotatable bonds is 3. The second kappa shape index (κ2) is 6.04. The number of nitrogens with one attached hydrogen (secondary N) is 2. The second-order valence-electron chi connectivity index (χ2n) is 5.62. The van der Waals surface area contributed by atoms with Crippen LogP contribution in [0.25, 0.3) is 0 Å². The average Bonchev–Trinajstić information content (AvgIpc) is 2.25. The molecule has 6 nitrogen and oxygen atoms in total. The van der Waals surface area contributed by atoms with Gasteiger partial charge < -0.3 is 20.6 Å². The first-order valence-electron chi connectivity index (χ1n) is 6.31. The van der Waals surface area contributed by atoms with Crippen molar-refractivity contribution in [1.29, 1.82) is 0 Å². The van der Waals surface area contributed by atoms with Gasteiger partial charge in [0.1, 0.15) is 6.54 Å². The van der Waals surface area contributed by atoms with Crippen molar-refractivity contribution in [3.63, 3.8) is 0 Å². The molecule has 0 aromatic carbocycles. The molecular weight excluding hydrogens is 234 g/mol. The van der Waals surface area contributed by atoms with Crippen molar-refractivity contribution in [2.45, 2.75) is 45.2 Å². The third kappa shape index (κ3) is 4.52. The Morgan fingerprint density at radius 3 is 2.33 bits per heavy atom. The Morgan fingerprint density at radius 2 is 1.89 bits per heavy atom. The molecule has 0 bridgehead atoms. The molecule has 3 N–H and O–H groups in total. The van der Waals surface area contributed by atoms with E-state index >= 15 is 0 Å². The van der Waals surface area contributed by atoms with Crippen LogP contribution in [0.15, 0.2) is 0 Å². The zero-order chi connectivity index (χ0) is 13.8. The van der Waals surface area contributed by atoms with Crippen LogP contribution in [0.3, 0.4) is 0 Å². The van der Waals surface area contributed by atoms with Crippen LogP contribution in [0.2, 0.25) is 0 Å². The number of carboxylic acid groups (broad SMARTS) is 1. The maximum Gasteiger partial charge on any atom is 0.323 e. The van der Waals surface area contributed by atoms with Crippen molar-refractivity contribution in [3.8, 4) is 0 Å². The van der Waals surface area contributed by atoms with E-state index in [1.165, 1.54) is 4.90 Å². The highest BCUT2D eigenvalue weighted by Gasteiger charge is 2.29. The highest BCUT2D eigenvalue weighted by molar-refractivity contribution is 5.81. The zero-order valence-corrected chi connectivity index (χ0v) is 11.3. The van der Waals surface area contributed by atoms with Gasteiger partial charge in [0, 0.05) is 11.6 Å². The van der Waals surface area contributed by atoms with Gasteiger partial charge in [0.25, 0.3) is 0 Å². The molecule has 104 valence electrons. The summed E-state index contributed by atoms with van der Waals surface area (Å²) in [6, 6.07) is -0.158. The third-order valence-electron chi connectivity index (χ3n) is 3.02. The average molecular weight is 257 g/mol. The summed E-state index contributed by atoms with van der Waals surface area (Å²) < 4.78 is 0. The number of carbonyl (C=O) groups is 2. The van der Waals surface area contributed by atoms with E-state index in [2.05, 4.69) is 10.6 Å². The summed E-state index contributed by atoms with van der Waals surface area (Å²) in [4.78, 5) is 24.3. The van der Waals surface area contributed by atoms with Crippen LogP contribution in [0.5, 0.6) is 0 Å². The third-order valence-corrected chi connectivity index (χ3v) is 3.02. The number of amides is 2. The highest BCUT2D eigenvalue weighted by atomic mass is 16.4. The maximum absolute atomic E-state index is 12.1. The van der Waals surface area contributed by atoms with Crippen LogP contribution in [0.1, 0.15) is 33.6 Å². The number of nitrogens with zero attached hydrogens (tertiary/aromatic N) is 1. The minimum Gasteiger partial charge on any atom is -0.480 e. The molecule has 1 fully saturated rings. The minimum absolute atomic E-state index is 0.136. The standard InChI is InChI=1S/C12H23N3O3/c1-12(2,3)15(8-10(16)17)11(18)14-9-4-6-13-7-5-9/h9,13H,4-8H2,1-3H3,(H,14,18)(H,16,17). The van der Waals surface area contributed by atoms with Crippen molar-refractivity contribution in [1.82, 2.24) is 15.5 Å². The Balaban J connectivity index is 2.61. The Kier molecular flexibility index (Phi) is 4.95. The predicted molar refractivity (Wildman–Crippen MR) is 68.5 cm³/mol. The molecule has 0 saturated carbocycles. The summed E-state index contributed by atoms with van der Waals surface area (Å²) in [5, 5.41) is 15.0. The number of carboxylic acids is 1. The van der Waals surface area contributed by atoms with Crippen LogP contribution in [0.4, 0.5) is 4.79 Å². The first kappa shape index (κ1) is 14.8. The fraction of sp³-hybridized carbons (Fsp3) is 0.833. The number of urea groups is 1. The second-order valence-corrected chi connectivity index (χ2v) is 5.62. The van der Waals surface area contributed by atoms with Crippen LogP contribution in [0, 0.1) is 0 Å². The Bertz CT molecular complexity index is 306. The van der Waals surface area contributed by atoms with Crippen LogP contribution >= 0.6 is 0 Å². The Labute approximate surface area is 108 Å². The molecule has 1 rings (SSSR count). The Hall–Kier alpha value is -1.30. The molecule has 18 heavy (non-hydrogen) atoms. The fourth-order valence-electron chi connectivity index (χ4n) is 1.97. The molecule has 6 heteroatoms. The first-order chi connectivity index (χ1) is 8.30. The van der Waals surface area contributed by atoms with Gasteiger partial charge in [0.15, 0.2) is 0 Å². The van der Waals surface area contributed by atoms with Crippen LogP contribution < -0.4 is 10.6 Å². The molecule has 0 unspecified atom stereocenters. The largest absolute Gasteiger partial charge is 0.480 e. The van der Waals surface area contributed by atoms with Gasteiger partial charge in [-0.05, 0) is 46.7 Å². The number of hydrogen-bond acceptors (Lipinski definition) is 3. The van der Waals surface area contributed by atoms with E-state index in [0.29, 0.717) is 0 Å². The lowest BCUT2D eigenvalue weighted by Crippen LogP contribution is -2.55. The van der Waals surface area contributed by atoms with E-state index in [-0.39, 0.29) is 18.6 Å². The normalized spacial score (nSPS) is 17.3. The van der Waals surface area contributed by atoms with Gasteiger partial charge in [0.05, 0.1) is 0 Å². The zero-order valence-electron chi connectivity index (χ0n) is 11.3. The van der Waals surface area contributed by atoms with Gasteiger partial charge in [0.2, 0.25) is 0 Å². The summed E-state index contributed by atoms with van der Waals surface area (Å²) in [6.45, 7) is 6.99. The summed E-state index contributed by atoms with van der Waals surface area (Å²) in [5.41, 5.74) is -0.505. The van der Waals surface area contributed by atoms with Gasteiger partial charge in [-0.3, -0.25) is 4.79 Å². The molecule has 0 atom stereocenters. The first-order valence-corrected chi connectivity index (χ1v) is 6.31. The van der Waals surface area contributed by atoms with Crippen molar-refractivity contribution >= 4 is 12.0 Å². The summed E-state index contributed by atoms with van der Waals surface area (Å²) in [6.07, 6.45) is 1.77. The quantitative estimate of drug-likeness (QED) is 0.693. The summed E-state index contributed by atoms with van der Waals surface area (Å²) >= 11 is 0. The lowest BCUT2D eigenvalue weighted by Gasteiger charge is -2.36. The fourth-order valence-corrected chi connectivity index (χ4v) is 1.97. The van der Waals surface area contributed by atoms with E-state index in [0.717, 1.165) is 25.9 Å². The molecule has 2 amide bonds. The molecule has 0 aromatic heterocycles. The SMILES string of the molecule is CC(C)(C)N(CC(=O)O)C(=O)NC1CCNCC1. The van der Waals surface area contributed by atoms with Gasteiger partial charge in [-0.2, -0.15) is 0 Å². The van der Waals surface area contributed by atoms with E-state index < -0.39 is 11.5 Å². The van der Waals surface area contributed by atoms with E-state index in [1.54, 1.807) is 0 Å². The van der Waals surface area contributed by atoms with Gasteiger partial charge in [-0.15, -0.1) is 0 Å². The maximum atomic E-state index is 12.1. The van der Waals surface area contributed by atoms with Gasteiger partial charge in [-0.25, -0.2) is 4.79 Å². The summed E-state index contributed by atoms with van der Waals surface area (Å²) in [5.74, 6) is -0.995. The molecule has 0 aliphatic carbocycles. The molecular formula is C12H23N3O3. The van der Waals surface area contributed by atoms with Crippen molar-refractivity contribution in [2.24, 2.45) is 0 Å². The van der Waals surface area contributed by atoms with Gasteiger partial charge in [-0.1, -0.05) is 0 Å². The lowest BCUT2D eigenvalue weighted by atomic mass is 10.1. The van der Waals surface area contributed by atoms with E-state index in [4.69, 9.17) is 5.11 Å². The van der Waals surface area contributed by atoms with E-state index in [1.807, 2.05) is 20.8 Å². The molecule has 0 radical (unpaired) electrons. The predicted octanol–water partition coefficient (Wildman–Crippen LogP) is 0.633. The van der Waals surface area contributed by atoms with Crippen molar-refractivity contribution in [2.75, 3.05) is 19.6 Å². The minimum atomic E-state index is -0.995. The molecule has 1 heterocycles. The molecule has 0 spiro atoms. The topological polar surface area (TPSA) is 81.7 Å². The van der Waals surface area contributed by atoms with E-state index in [9.17, 15) is 9.59 Å².